The van der Waals surface area contributed by atoms with Crippen molar-refractivity contribution < 1.29 is 0 Å². The van der Waals surface area contributed by atoms with Crippen LogP contribution in [0.25, 0.3) is 0 Å². The molecule has 84 valence electrons. The van der Waals surface area contributed by atoms with Gasteiger partial charge in [0.05, 0.1) is 6.54 Å². The number of imidazole rings is 1. The van der Waals surface area contributed by atoms with Crippen LogP contribution in [0, 0.1) is 0 Å². The summed E-state index contributed by atoms with van der Waals surface area (Å²) in [6.07, 6.45) is 5.96. The maximum absolute atomic E-state index is 5.83. The van der Waals surface area contributed by atoms with Crippen LogP contribution >= 0.6 is 0 Å². The first-order chi connectivity index (χ1) is 8.33. The highest BCUT2D eigenvalue weighted by atomic mass is 15.2. The molecule has 0 bridgehead atoms. The molecule has 0 saturated heterocycles. The normalized spacial score (nSPS) is 14.7. The van der Waals surface area contributed by atoms with Gasteiger partial charge in [-0.05, 0) is 24.5 Å². The van der Waals surface area contributed by atoms with Crippen molar-refractivity contribution in [2.45, 2.75) is 19.4 Å². The monoisotopic (exact) mass is 223 g/mol. The lowest BCUT2D eigenvalue weighted by Gasteiger charge is -2.31. The molecule has 0 unspecified atom stereocenters. The molecule has 3 rings (SSSR count). The second-order valence-corrected chi connectivity index (χ2v) is 4.45. The Morgan fingerprint density at radius 3 is 3.18 bits per heavy atom. The van der Waals surface area contributed by atoms with Crippen molar-refractivity contribution in [1.29, 1.82) is 0 Å². The Balaban J connectivity index is 1.89. The quantitative estimate of drug-likeness (QED) is 0.774. The predicted octanol–water partition coefficient (Wildman–Crippen LogP) is 1.16. The van der Waals surface area contributed by atoms with Gasteiger partial charge in [-0.15, -0.1) is 0 Å². The summed E-state index contributed by atoms with van der Waals surface area (Å²) in [6.45, 7) is 1.92. The van der Waals surface area contributed by atoms with Gasteiger partial charge in [0.15, 0.2) is 0 Å². The number of hydrogen-bond acceptors (Lipinski definition) is 2. The van der Waals surface area contributed by atoms with Gasteiger partial charge in [0, 0.05) is 24.6 Å². The number of rotatable bonds is 2. The summed E-state index contributed by atoms with van der Waals surface area (Å²) >= 11 is 0. The summed E-state index contributed by atoms with van der Waals surface area (Å²) in [4.78, 5) is 9.79. The number of H-pyrrole nitrogens is 1. The molecule has 1 aliphatic heterocycles. The van der Waals surface area contributed by atoms with Crippen LogP contribution in [0.15, 0.2) is 30.6 Å². The van der Waals surface area contributed by atoms with E-state index in [1.165, 1.54) is 17.7 Å². The number of aromatic nitrogens is 2. The second-order valence-electron chi connectivity index (χ2n) is 4.45. The third-order valence-electron chi connectivity index (χ3n) is 3.21. The van der Waals surface area contributed by atoms with E-state index < -0.39 is 0 Å². The van der Waals surface area contributed by atoms with Crippen LogP contribution in [0.5, 0.6) is 0 Å². The first-order valence-corrected chi connectivity index (χ1v) is 5.94. The van der Waals surface area contributed by atoms with Crippen molar-refractivity contribution in [3.63, 3.8) is 0 Å². The highest BCUT2D eigenvalue weighted by molar-refractivity contribution is 6.32. The molecule has 1 aliphatic rings. The lowest BCUT2D eigenvalue weighted by molar-refractivity contribution is 0.678. The number of nitrogens with zero attached hydrogens (tertiary/aromatic N) is 2. The number of fused-ring (bicyclic) bond motifs is 1. The zero-order chi connectivity index (χ0) is 11.7. The molecule has 0 fully saturated rings. The van der Waals surface area contributed by atoms with Crippen LogP contribution in [-0.2, 0) is 13.0 Å². The highest BCUT2D eigenvalue weighted by Gasteiger charge is 2.17. The van der Waals surface area contributed by atoms with Gasteiger partial charge in [-0.2, -0.15) is 0 Å². The minimum Gasteiger partial charge on any atom is -0.364 e. The molecule has 1 aromatic heterocycles. The fourth-order valence-corrected chi connectivity index (χ4v) is 2.42. The van der Waals surface area contributed by atoms with E-state index >= 15 is 0 Å². The Morgan fingerprint density at radius 2 is 2.35 bits per heavy atom. The Bertz CT molecular complexity index is 507. The Labute approximate surface area is 102 Å². The molecule has 0 amide bonds. The Hall–Kier alpha value is -1.71. The van der Waals surface area contributed by atoms with Gasteiger partial charge in [-0.1, -0.05) is 17.6 Å². The minimum atomic E-state index is 0.837. The average Bonchev–Trinajstić information content (AvgIpc) is 2.82. The fraction of sp³-hybridized carbons (Fsp3) is 0.308. The number of benzene rings is 1. The molecule has 1 N–H and O–H groups in total. The van der Waals surface area contributed by atoms with E-state index in [1.807, 2.05) is 12.3 Å². The highest BCUT2D eigenvalue weighted by Crippen LogP contribution is 2.26. The van der Waals surface area contributed by atoms with E-state index in [1.54, 1.807) is 6.20 Å². The average molecular weight is 223 g/mol. The molecule has 0 atom stereocenters. The number of aromatic amines is 1. The third kappa shape index (κ3) is 2.07. The van der Waals surface area contributed by atoms with Gasteiger partial charge < -0.3 is 9.88 Å². The van der Waals surface area contributed by atoms with Crippen LogP contribution in [0.4, 0.5) is 5.69 Å². The smallest absolute Gasteiger partial charge is 0.125 e. The van der Waals surface area contributed by atoms with Gasteiger partial charge in [0.25, 0.3) is 0 Å². The molecular weight excluding hydrogens is 209 g/mol. The maximum Gasteiger partial charge on any atom is 0.125 e. The summed E-state index contributed by atoms with van der Waals surface area (Å²) in [5, 5.41) is 0. The molecule has 17 heavy (non-hydrogen) atoms. The van der Waals surface area contributed by atoms with Crippen molar-refractivity contribution in [3.05, 3.63) is 42.0 Å². The van der Waals surface area contributed by atoms with Crippen molar-refractivity contribution in [3.8, 4) is 0 Å². The van der Waals surface area contributed by atoms with Gasteiger partial charge in [0.2, 0.25) is 0 Å². The van der Waals surface area contributed by atoms with Crippen LogP contribution in [0.3, 0.4) is 0 Å². The molecule has 2 aromatic rings. The van der Waals surface area contributed by atoms with Gasteiger partial charge >= 0.3 is 0 Å². The van der Waals surface area contributed by atoms with Crippen LogP contribution in [0.1, 0.15) is 17.8 Å². The molecular formula is C13H14BN3. The van der Waals surface area contributed by atoms with Gasteiger partial charge in [0.1, 0.15) is 13.7 Å². The molecule has 4 heteroatoms. The second kappa shape index (κ2) is 4.28. The van der Waals surface area contributed by atoms with Crippen molar-refractivity contribution in [2.75, 3.05) is 11.4 Å². The SMILES string of the molecule is [B]c1ccc2c(c1)CCCN2Cc1ncc[nH]1. The maximum atomic E-state index is 5.83. The summed E-state index contributed by atoms with van der Waals surface area (Å²) in [5.41, 5.74) is 3.49. The zero-order valence-corrected chi connectivity index (χ0v) is 9.69. The van der Waals surface area contributed by atoms with E-state index in [9.17, 15) is 0 Å². The number of hydrogen-bond donors (Lipinski definition) is 1. The summed E-state index contributed by atoms with van der Waals surface area (Å²) in [5.74, 6) is 1.01. The van der Waals surface area contributed by atoms with Crippen molar-refractivity contribution in [1.82, 2.24) is 9.97 Å². The zero-order valence-electron chi connectivity index (χ0n) is 9.69. The molecule has 2 heterocycles. The van der Waals surface area contributed by atoms with Crippen molar-refractivity contribution in [2.24, 2.45) is 0 Å². The van der Waals surface area contributed by atoms with Gasteiger partial charge in [-0.25, -0.2) is 4.98 Å². The molecule has 1 aromatic carbocycles. The topological polar surface area (TPSA) is 31.9 Å². The van der Waals surface area contributed by atoms with Crippen LogP contribution < -0.4 is 10.4 Å². The lowest BCUT2D eigenvalue weighted by atomic mass is 9.90. The van der Waals surface area contributed by atoms with Crippen molar-refractivity contribution >= 4 is 19.0 Å². The summed E-state index contributed by atoms with van der Waals surface area (Å²) < 4.78 is 0. The first kappa shape index (κ1) is 10.4. The molecule has 2 radical (unpaired) electrons. The minimum absolute atomic E-state index is 0.837. The molecule has 0 spiro atoms. The van der Waals surface area contributed by atoms with E-state index in [0.717, 1.165) is 30.8 Å². The van der Waals surface area contributed by atoms with E-state index in [0.29, 0.717) is 0 Å². The van der Waals surface area contributed by atoms with E-state index in [2.05, 4.69) is 27.0 Å². The fourth-order valence-electron chi connectivity index (χ4n) is 2.42. The van der Waals surface area contributed by atoms with E-state index in [4.69, 9.17) is 7.85 Å². The molecule has 0 saturated carbocycles. The standard InChI is InChI=1S/C13H14BN3/c14-11-3-4-12-10(8-11)2-1-7-17(12)9-13-15-5-6-16-13/h3-6,8H,1-2,7,9H2,(H,15,16). The molecule has 3 nitrogen and oxygen atoms in total. The number of nitrogens with one attached hydrogen (secondary N) is 1. The van der Waals surface area contributed by atoms with Gasteiger partial charge in [-0.3, -0.25) is 0 Å². The largest absolute Gasteiger partial charge is 0.364 e. The first-order valence-electron chi connectivity index (χ1n) is 5.94. The number of aryl methyl sites for hydroxylation is 1. The Morgan fingerprint density at radius 1 is 1.41 bits per heavy atom. The Kier molecular flexibility index (Phi) is 2.63. The predicted molar refractivity (Wildman–Crippen MR) is 69.8 cm³/mol. The molecule has 0 aliphatic carbocycles. The number of anilines is 1. The summed E-state index contributed by atoms with van der Waals surface area (Å²) in [7, 11) is 5.83. The third-order valence-corrected chi connectivity index (χ3v) is 3.21. The van der Waals surface area contributed by atoms with Crippen LogP contribution in [0.2, 0.25) is 0 Å². The lowest BCUT2D eigenvalue weighted by Crippen LogP contribution is -2.30. The van der Waals surface area contributed by atoms with Crippen LogP contribution in [-0.4, -0.2) is 24.4 Å². The van der Waals surface area contributed by atoms with E-state index in [-0.39, 0.29) is 0 Å². The summed E-state index contributed by atoms with van der Waals surface area (Å²) in [6, 6.07) is 6.18.